The van der Waals surface area contributed by atoms with Gasteiger partial charge in [0.2, 0.25) is 21.8 Å². The molecule has 2 heterocycles. The summed E-state index contributed by atoms with van der Waals surface area (Å²) in [4.78, 5) is 28.3. The third-order valence-corrected chi connectivity index (χ3v) is 9.35. The average molecular weight is 435 g/mol. The molecule has 2 saturated heterocycles. The Hall–Kier alpha value is -2.77. The van der Waals surface area contributed by atoms with Crippen LogP contribution in [-0.2, 0) is 19.6 Å². The summed E-state index contributed by atoms with van der Waals surface area (Å²) in [5.74, 6) is -1.57. The van der Waals surface area contributed by atoms with Gasteiger partial charge in [-0.3, -0.25) is 14.5 Å². The topological polar surface area (TPSA) is 74.8 Å². The van der Waals surface area contributed by atoms with Crippen LogP contribution < -0.4 is 4.90 Å². The molecule has 2 aromatic rings. The van der Waals surface area contributed by atoms with Gasteiger partial charge in [0.25, 0.3) is 0 Å². The van der Waals surface area contributed by atoms with E-state index in [1.165, 1.54) is 4.90 Å². The summed E-state index contributed by atoms with van der Waals surface area (Å²) in [6.07, 6.45) is 4.02. The highest BCUT2D eigenvalue weighted by molar-refractivity contribution is 7.89. The largest absolute Gasteiger partial charge is 0.274 e. The molecule has 0 N–H and O–H groups in total. The molecular formula is C24H22N2O4S. The van der Waals surface area contributed by atoms with Crippen molar-refractivity contribution in [3.8, 4) is 0 Å². The summed E-state index contributed by atoms with van der Waals surface area (Å²) in [5, 5.41) is 0. The van der Waals surface area contributed by atoms with Crippen molar-refractivity contribution < 1.29 is 18.0 Å². The minimum atomic E-state index is -3.65. The Morgan fingerprint density at radius 3 is 2.13 bits per heavy atom. The average Bonchev–Trinajstić information content (AvgIpc) is 3.01. The van der Waals surface area contributed by atoms with Crippen LogP contribution in [0.2, 0.25) is 0 Å². The number of benzene rings is 2. The molecule has 2 aromatic carbocycles. The van der Waals surface area contributed by atoms with Crippen molar-refractivity contribution in [2.75, 3.05) is 11.4 Å². The van der Waals surface area contributed by atoms with Gasteiger partial charge in [0, 0.05) is 18.5 Å². The predicted molar refractivity (Wildman–Crippen MR) is 114 cm³/mol. The van der Waals surface area contributed by atoms with E-state index in [1.807, 2.05) is 37.3 Å². The van der Waals surface area contributed by atoms with Gasteiger partial charge in [-0.25, -0.2) is 8.42 Å². The molecule has 0 spiro atoms. The number of anilines is 1. The first-order valence-electron chi connectivity index (χ1n) is 10.6. The molecule has 3 fully saturated rings. The lowest BCUT2D eigenvalue weighted by molar-refractivity contribution is -0.135. The minimum Gasteiger partial charge on any atom is -0.274 e. The van der Waals surface area contributed by atoms with E-state index in [4.69, 9.17) is 0 Å². The van der Waals surface area contributed by atoms with Crippen LogP contribution in [0.3, 0.4) is 0 Å². The Bertz CT molecular complexity index is 1220. The summed E-state index contributed by atoms with van der Waals surface area (Å²) in [6.45, 7) is 2.31. The third kappa shape index (κ3) is 2.44. The molecule has 2 bridgehead atoms. The SMILES string of the molecule is Cc1ccc(S(=O)(=O)N2CC3C4C=CC(C5C(=O)N(c6ccccc6)C(=O)C45)C32)cc1. The Balaban J connectivity index is 1.35. The highest BCUT2D eigenvalue weighted by Crippen LogP contribution is 2.58. The zero-order valence-corrected chi connectivity index (χ0v) is 17.8. The minimum absolute atomic E-state index is 0.0731. The van der Waals surface area contributed by atoms with Gasteiger partial charge in [0.15, 0.2) is 0 Å². The van der Waals surface area contributed by atoms with Crippen LogP contribution in [0.1, 0.15) is 5.56 Å². The monoisotopic (exact) mass is 434 g/mol. The quantitative estimate of drug-likeness (QED) is 0.550. The number of nitrogens with zero attached hydrogens (tertiary/aromatic N) is 2. The van der Waals surface area contributed by atoms with Crippen LogP contribution in [0.5, 0.6) is 0 Å². The molecule has 6 nitrogen and oxygen atoms in total. The van der Waals surface area contributed by atoms with Gasteiger partial charge < -0.3 is 0 Å². The number of sulfonamides is 1. The Morgan fingerprint density at radius 1 is 0.839 bits per heavy atom. The predicted octanol–water partition coefficient (Wildman–Crippen LogP) is 2.61. The molecule has 2 amide bonds. The van der Waals surface area contributed by atoms with Crippen LogP contribution in [-0.4, -0.2) is 37.1 Å². The fraction of sp³-hybridized carbons (Fsp3) is 0.333. The highest BCUT2D eigenvalue weighted by atomic mass is 32.2. The van der Waals surface area contributed by atoms with Gasteiger partial charge in [0.05, 0.1) is 22.4 Å². The standard InChI is InChI=1S/C24H22N2O4S/c1-14-7-9-16(10-8-14)31(29,30)25-13-19-17-11-12-18(22(19)25)21-20(17)23(27)26(24(21)28)15-5-3-2-4-6-15/h2-12,17-22H,13H2,1H3. The van der Waals surface area contributed by atoms with E-state index in [0.29, 0.717) is 12.2 Å². The van der Waals surface area contributed by atoms with Gasteiger partial charge in [-0.1, -0.05) is 48.0 Å². The highest BCUT2D eigenvalue weighted by Gasteiger charge is 2.68. The Kier molecular flexibility index (Phi) is 3.90. The van der Waals surface area contributed by atoms with E-state index in [1.54, 1.807) is 40.7 Å². The third-order valence-electron chi connectivity index (χ3n) is 7.48. The number of imide groups is 1. The molecule has 0 aromatic heterocycles. The number of carbonyl (C=O) groups is 2. The first-order chi connectivity index (χ1) is 14.9. The van der Waals surface area contributed by atoms with Crippen molar-refractivity contribution in [2.45, 2.75) is 17.9 Å². The number of hydrogen-bond donors (Lipinski definition) is 0. The molecular weight excluding hydrogens is 412 g/mol. The van der Waals surface area contributed by atoms with Crippen molar-refractivity contribution >= 4 is 27.5 Å². The van der Waals surface area contributed by atoms with Crippen molar-refractivity contribution in [2.24, 2.45) is 29.6 Å². The van der Waals surface area contributed by atoms with Gasteiger partial charge in [0.1, 0.15) is 0 Å². The molecule has 1 saturated carbocycles. The number of allylic oxidation sites excluding steroid dienone is 1. The van der Waals surface area contributed by atoms with Crippen molar-refractivity contribution in [3.63, 3.8) is 0 Å². The molecule has 6 unspecified atom stereocenters. The smallest absolute Gasteiger partial charge is 0.243 e. The van der Waals surface area contributed by atoms with Crippen molar-refractivity contribution in [1.82, 2.24) is 4.31 Å². The Morgan fingerprint density at radius 2 is 1.45 bits per heavy atom. The maximum absolute atomic E-state index is 13.4. The molecule has 5 aliphatic rings. The maximum Gasteiger partial charge on any atom is 0.243 e. The second-order valence-corrected chi connectivity index (χ2v) is 10.9. The summed E-state index contributed by atoms with van der Waals surface area (Å²) in [5.41, 5.74) is 1.58. The van der Waals surface area contributed by atoms with Crippen LogP contribution in [0.25, 0.3) is 0 Å². The van der Waals surface area contributed by atoms with Crippen LogP contribution in [0.4, 0.5) is 5.69 Å². The van der Waals surface area contributed by atoms with Gasteiger partial charge in [-0.05, 0) is 43.0 Å². The lowest BCUT2D eigenvalue weighted by atomic mass is 9.53. The van der Waals surface area contributed by atoms with Gasteiger partial charge in [-0.2, -0.15) is 4.31 Å². The van der Waals surface area contributed by atoms with E-state index in [0.717, 1.165) is 5.56 Å². The first kappa shape index (κ1) is 19.0. The number of carbonyl (C=O) groups excluding carboxylic acids is 2. The van der Waals surface area contributed by atoms with Gasteiger partial charge >= 0.3 is 0 Å². The number of aryl methyl sites for hydroxylation is 1. The van der Waals surface area contributed by atoms with Gasteiger partial charge in [-0.15, -0.1) is 0 Å². The van der Waals surface area contributed by atoms with Crippen molar-refractivity contribution in [1.29, 1.82) is 0 Å². The zero-order valence-electron chi connectivity index (χ0n) is 17.0. The molecule has 7 rings (SSSR count). The first-order valence-corrected chi connectivity index (χ1v) is 12.0. The second-order valence-electron chi connectivity index (χ2n) is 8.98. The second kappa shape index (κ2) is 6.37. The lowest BCUT2D eigenvalue weighted by Gasteiger charge is -2.60. The van der Waals surface area contributed by atoms with E-state index in [-0.39, 0.29) is 40.5 Å². The summed E-state index contributed by atoms with van der Waals surface area (Å²) < 4.78 is 28.2. The Labute approximate surface area is 181 Å². The molecule has 31 heavy (non-hydrogen) atoms. The van der Waals surface area contributed by atoms with Crippen molar-refractivity contribution in [3.05, 3.63) is 72.3 Å². The molecule has 6 atom stereocenters. The summed E-state index contributed by atoms with van der Waals surface area (Å²) >= 11 is 0. The van der Waals surface area contributed by atoms with E-state index in [2.05, 4.69) is 0 Å². The van der Waals surface area contributed by atoms with E-state index < -0.39 is 21.9 Å². The lowest BCUT2D eigenvalue weighted by Crippen LogP contribution is -2.70. The summed E-state index contributed by atoms with van der Waals surface area (Å²) in [7, 11) is -3.65. The molecule has 158 valence electrons. The summed E-state index contributed by atoms with van der Waals surface area (Å²) in [6, 6.07) is 15.6. The molecule has 0 radical (unpaired) electrons. The normalized spacial score (nSPS) is 33.9. The molecule has 2 aliphatic heterocycles. The molecule has 3 aliphatic carbocycles. The number of hydrogen-bond acceptors (Lipinski definition) is 4. The maximum atomic E-state index is 13.4. The molecule has 7 heteroatoms. The van der Waals surface area contributed by atoms with Crippen LogP contribution >= 0.6 is 0 Å². The van der Waals surface area contributed by atoms with Crippen LogP contribution in [0.15, 0.2) is 71.6 Å². The number of para-hydroxylation sites is 1. The number of amides is 2. The van der Waals surface area contributed by atoms with E-state index in [9.17, 15) is 18.0 Å². The van der Waals surface area contributed by atoms with Crippen LogP contribution in [0, 0.1) is 36.5 Å². The van der Waals surface area contributed by atoms with E-state index >= 15 is 0 Å². The fourth-order valence-electron chi connectivity index (χ4n) is 6.03. The number of rotatable bonds is 3. The zero-order chi connectivity index (χ0) is 21.5. The fourth-order valence-corrected chi connectivity index (χ4v) is 7.77.